The zero-order valence-corrected chi connectivity index (χ0v) is 22.2. The standard InChI is InChI=1S/C26H21ClINO4S/c1-16-6-3-4-8-19(16)15-33-24-21(28)11-18(12-22(24)32-2)13-23-25(30)29(26(31)34-23)14-17-7-5-9-20(27)10-17/h3-13H,14-15H2,1-2H3/b23-13-. The van der Waals surface area contributed by atoms with Crippen LogP contribution in [0, 0.1) is 10.5 Å². The average Bonchev–Trinajstić information content (AvgIpc) is 3.06. The number of rotatable bonds is 7. The molecule has 5 nitrogen and oxygen atoms in total. The first-order chi connectivity index (χ1) is 16.4. The van der Waals surface area contributed by atoms with Gasteiger partial charge in [-0.2, -0.15) is 0 Å². The summed E-state index contributed by atoms with van der Waals surface area (Å²) in [4.78, 5) is 27.0. The molecule has 1 heterocycles. The van der Waals surface area contributed by atoms with Gasteiger partial charge in [0.1, 0.15) is 6.61 Å². The maximum Gasteiger partial charge on any atom is 0.293 e. The molecule has 4 rings (SSSR count). The number of hydrogen-bond donors (Lipinski definition) is 0. The number of imide groups is 1. The fourth-order valence-electron chi connectivity index (χ4n) is 3.49. The molecule has 0 aromatic heterocycles. The first-order valence-corrected chi connectivity index (χ1v) is 12.7. The van der Waals surface area contributed by atoms with Gasteiger partial charge in [0, 0.05) is 5.02 Å². The lowest BCUT2D eigenvalue weighted by Gasteiger charge is -2.15. The highest BCUT2D eigenvalue weighted by atomic mass is 127. The summed E-state index contributed by atoms with van der Waals surface area (Å²) in [5, 5.41) is 0.252. The second-order valence-electron chi connectivity index (χ2n) is 7.65. The maximum atomic E-state index is 12.9. The van der Waals surface area contributed by atoms with E-state index in [9.17, 15) is 9.59 Å². The summed E-state index contributed by atoms with van der Waals surface area (Å²) >= 11 is 9.14. The highest BCUT2D eigenvalue weighted by molar-refractivity contribution is 14.1. The number of halogens is 2. The van der Waals surface area contributed by atoms with Crippen molar-refractivity contribution in [3.8, 4) is 11.5 Å². The van der Waals surface area contributed by atoms with Crippen molar-refractivity contribution in [3.05, 3.63) is 96.4 Å². The molecular formula is C26H21ClINO4S. The highest BCUT2D eigenvalue weighted by Gasteiger charge is 2.35. The fraction of sp³-hybridized carbons (Fsp3) is 0.154. The van der Waals surface area contributed by atoms with E-state index in [0.717, 1.165) is 37.6 Å². The Balaban J connectivity index is 1.54. The van der Waals surface area contributed by atoms with Crippen molar-refractivity contribution in [2.75, 3.05) is 7.11 Å². The lowest BCUT2D eigenvalue weighted by atomic mass is 10.1. The average molecular weight is 606 g/mol. The Morgan fingerprint density at radius 3 is 2.62 bits per heavy atom. The second kappa shape index (κ2) is 10.8. The van der Waals surface area contributed by atoms with Crippen molar-refractivity contribution in [2.45, 2.75) is 20.1 Å². The van der Waals surface area contributed by atoms with Gasteiger partial charge in [-0.05, 0) is 93.9 Å². The zero-order valence-electron chi connectivity index (χ0n) is 18.5. The predicted octanol–water partition coefficient (Wildman–Crippen LogP) is 7.08. The Labute approximate surface area is 221 Å². The topological polar surface area (TPSA) is 55.8 Å². The van der Waals surface area contributed by atoms with Gasteiger partial charge < -0.3 is 9.47 Å². The summed E-state index contributed by atoms with van der Waals surface area (Å²) in [6, 6.07) is 18.9. The van der Waals surface area contributed by atoms with Gasteiger partial charge in [-0.25, -0.2) is 0 Å². The molecule has 0 aliphatic carbocycles. The van der Waals surface area contributed by atoms with Crippen LogP contribution in [0.1, 0.15) is 22.3 Å². The molecule has 0 saturated carbocycles. The van der Waals surface area contributed by atoms with Crippen molar-refractivity contribution in [1.82, 2.24) is 4.90 Å². The van der Waals surface area contributed by atoms with E-state index in [1.807, 2.05) is 43.3 Å². The second-order valence-corrected chi connectivity index (χ2v) is 10.2. The number of hydrogen-bond acceptors (Lipinski definition) is 5. The van der Waals surface area contributed by atoms with E-state index in [0.29, 0.717) is 28.0 Å². The number of benzene rings is 3. The molecule has 1 aliphatic heterocycles. The van der Waals surface area contributed by atoms with Gasteiger partial charge in [-0.1, -0.05) is 48.0 Å². The van der Waals surface area contributed by atoms with E-state index >= 15 is 0 Å². The number of carbonyl (C=O) groups is 2. The van der Waals surface area contributed by atoms with Crippen molar-refractivity contribution in [1.29, 1.82) is 0 Å². The van der Waals surface area contributed by atoms with Crippen molar-refractivity contribution in [3.63, 3.8) is 0 Å². The lowest BCUT2D eigenvalue weighted by molar-refractivity contribution is -0.123. The van der Waals surface area contributed by atoms with Gasteiger partial charge >= 0.3 is 0 Å². The predicted molar refractivity (Wildman–Crippen MR) is 144 cm³/mol. The molecule has 2 amide bonds. The van der Waals surface area contributed by atoms with Gasteiger partial charge in [0.05, 0.1) is 22.1 Å². The van der Waals surface area contributed by atoms with Crippen LogP contribution in [0.2, 0.25) is 5.02 Å². The van der Waals surface area contributed by atoms with E-state index in [1.165, 1.54) is 4.90 Å². The Hall–Kier alpha value is -2.49. The SMILES string of the molecule is COc1cc(/C=C2\SC(=O)N(Cc3cccc(Cl)c3)C2=O)cc(I)c1OCc1ccccc1C. The highest BCUT2D eigenvalue weighted by Crippen LogP contribution is 2.38. The quantitative estimate of drug-likeness (QED) is 0.213. The maximum absolute atomic E-state index is 12.9. The largest absolute Gasteiger partial charge is 0.493 e. The number of aryl methyl sites for hydroxylation is 1. The molecule has 0 bridgehead atoms. The summed E-state index contributed by atoms with van der Waals surface area (Å²) in [7, 11) is 1.58. The van der Waals surface area contributed by atoms with Crippen LogP contribution in [0.25, 0.3) is 6.08 Å². The van der Waals surface area contributed by atoms with Crippen LogP contribution in [0.4, 0.5) is 4.79 Å². The summed E-state index contributed by atoms with van der Waals surface area (Å²) in [5.41, 5.74) is 3.79. The molecule has 8 heteroatoms. The molecule has 1 fully saturated rings. The van der Waals surface area contributed by atoms with E-state index in [4.69, 9.17) is 21.1 Å². The number of carbonyl (C=O) groups excluding carboxylic acids is 2. The molecular weight excluding hydrogens is 585 g/mol. The normalized spacial score (nSPS) is 14.7. The molecule has 0 spiro atoms. The van der Waals surface area contributed by atoms with E-state index in [1.54, 1.807) is 37.5 Å². The molecule has 0 atom stereocenters. The van der Waals surface area contributed by atoms with Gasteiger partial charge in [0.25, 0.3) is 11.1 Å². The number of ether oxygens (including phenoxy) is 2. The third-order valence-electron chi connectivity index (χ3n) is 5.29. The van der Waals surface area contributed by atoms with E-state index in [-0.39, 0.29) is 17.7 Å². The van der Waals surface area contributed by atoms with Gasteiger partial charge in [0.2, 0.25) is 0 Å². The van der Waals surface area contributed by atoms with Crippen molar-refractivity contribution in [2.24, 2.45) is 0 Å². The fourth-order valence-corrected chi connectivity index (χ4v) is 5.32. The van der Waals surface area contributed by atoms with Gasteiger partial charge in [-0.15, -0.1) is 0 Å². The third kappa shape index (κ3) is 5.59. The summed E-state index contributed by atoms with van der Waals surface area (Å²) in [5.74, 6) is 0.867. The molecule has 0 unspecified atom stereocenters. The first-order valence-electron chi connectivity index (χ1n) is 10.4. The summed E-state index contributed by atoms with van der Waals surface area (Å²) in [6.07, 6.45) is 1.71. The molecule has 3 aromatic carbocycles. The Morgan fingerprint density at radius 2 is 1.88 bits per heavy atom. The Morgan fingerprint density at radius 1 is 1.09 bits per heavy atom. The Kier molecular flexibility index (Phi) is 7.85. The first kappa shape index (κ1) is 24.6. The Bertz CT molecular complexity index is 1290. The molecule has 0 N–H and O–H groups in total. The van der Waals surface area contributed by atoms with Crippen LogP contribution in [0.15, 0.2) is 65.6 Å². The summed E-state index contributed by atoms with van der Waals surface area (Å²) < 4.78 is 12.5. The number of thioether (sulfide) groups is 1. The summed E-state index contributed by atoms with van der Waals surface area (Å²) in [6.45, 7) is 2.64. The van der Waals surface area contributed by atoms with Crippen LogP contribution in [-0.4, -0.2) is 23.2 Å². The lowest BCUT2D eigenvalue weighted by Crippen LogP contribution is -2.27. The van der Waals surface area contributed by atoms with Crippen LogP contribution in [0.3, 0.4) is 0 Å². The molecule has 174 valence electrons. The third-order valence-corrected chi connectivity index (χ3v) is 7.23. The monoisotopic (exact) mass is 605 g/mol. The molecule has 0 radical (unpaired) electrons. The number of amides is 2. The van der Waals surface area contributed by atoms with E-state index < -0.39 is 0 Å². The molecule has 1 aliphatic rings. The van der Waals surface area contributed by atoms with E-state index in [2.05, 4.69) is 22.6 Å². The van der Waals surface area contributed by atoms with Crippen molar-refractivity contribution >= 4 is 63.2 Å². The number of methoxy groups -OCH3 is 1. The van der Waals surface area contributed by atoms with Crippen LogP contribution in [0.5, 0.6) is 11.5 Å². The zero-order chi connectivity index (χ0) is 24.2. The smallest absolute Gasteiger partial charge is 0.293 e. The van der Waals surface area contributed by atoms with Gasteiger partial charge in [-0.3, -0.25) is 14.5 Å². The van der Waals surface area contributed by atoms with Crippen LogP contribution >= 0.6 is 46.0 Å². The van der Waals surface area contributed by atoms with Crippen LogP contribution in [-0.2, 0) is 17.9 Å². The molecule has 34 heavy (non-hydrogen) atoms. The number of nitrogens with zero attached hydrogens (tertiary/aromatic N) is 1. The minimum Gasteiger partial charge on any atom is -0.493 e. The minimum absolute atomic E-state index is 0.176. The van der Waals surface area contributed by atoms with Crippen LogP contribution < -0.4 is 9.47 Å². The molecule has 1 saturated heterocycles. The molecule has 3 aromatic rings. The minimum atomic E-state index is -0.330. The van der Waals surface area contributed by atoms with Crippen molar-refractivity contribution < 1.29 is 19.1 Å². The van der Waals surface area contributed by atoms with Gasteiger partial charge in [0.15, 0.2) is 11.5 Å².